The Balaban J connectivity index is 1.72. The molecule has 3 heteroatoms. The van der Waals surface area contributed by atoms with E-state index in [1.165, 1.54) is 27.6 Å². The fourth-order valence-corrected chi connectivity index (χ4v) is 3.04. The number of hydrogen-bond acceptors (Lipinski definition) is 2. The Kier molecular flexibility index (Phi) is 3.49. The lowest BCUT2D eigenvalue weighted by Crippen LogP contribution is -2.20. The van der Waals surface area contributed by atoms with Crippen molar-refractivity contribution in [2.45, 2.75) is 13.0 Å². The third-order valence-corrected chi connectivity index (χ3v) is 4.25. The summed E-state index contributed by atoms with van der Waals surface area (Å²) >= 11 is 0. The summed E-state index contributed by atoms with van der Waals surface area (Å²) in [6, 6.07) is 17.2. The SMILES string of the molecule is C1=C(c2ccc3cnn(Cc4ccccc4)c3c2)CCNC1. The molecular weight excluding hydrogens is 270 g/mol. The second-order valence-corrected chi connectivity index (χ2v) is 5.74. The lowest BCUT2D eigenvalue weighted by atomic mass is 9.99. The van der Waals surface area contributed by atoms with Gasteiger partial charge < -0.3 is 5.32 Å². The summed E-state index contributed by atoms with van der Waals surface area (Å²) in [5, 5.41) is 9.13. The van der Waals surface area contributed by atoms with Crippen LogP contribution in [0.25, 0.3) is 16.5 Å². The van der Waals surface area contributed by atoms with Crippen molar-refractivity contribution in [1.29, 1.82) is 0 Å². The first-order valence-electron chi connectivity index (χ1n) is 7.80. The third-order valence-electron chi connectivity index (χ3n) is 4.25. The molecule has 0 saturated carbocycles. The highest BCUT2D eigenvalue weighted by Gasteiger charge is 2.09. The van der Waals surface area contributed by atoms with Gasteiger partial charge in [0.15, 0.2) is 0 Å². The number of fused-ring (bicyclic) bond motifs is 1. The van der Waals surface area contributed by atoms with Crippen molar-refractivity contribution in [2.24, 2.45) is 0 Å². The molecule has 1 aliphatic heterocycles. The molecular formula is C19H19N3. The first-order valence-corrected chi connectivity index (χ1v) is 7.80. The highest BCUT2D eigenvalue weighted by molar-refractivity contribution is 5.83. The van der Waals surface area contributed by atoms with Crippen LogP contribution in [0.4, 0.5) is 0 Å². The van der Waals surface area contributed by atoms with E-state index in [1.54, 1.807) is 0 Å². The van der Waals surface area contributed by atoms with Gasteiger partial charge in [0.2, 0.25) is 0 Å². The Morgan fingerprint density at radius 1 is 1.09 bits per heavy atom. The number of aromatic nitrogens is 2. The van der Waals surface area contributed by atoms with Crippen LogP contribution in [0.5, 0.6) is 0 Å². The quantitative estimate of drug-likeness (QED) is 0.800. The minimum absolute atomic E-state index is 0.814. The molecule has 0 bridgehead atoms. The Bertz CT molecular complexity index is 815. The number of rotatable bonds is 3. The van der Waals surface area contributed by atoms with Crippen molar-refractivity contribution in [3.05, 3.63) is 71.9 Å². The van der Waals surface area contributed by atoms with Crippen molar-refractivity contribution in [1.82, 2.24) is 15.1 Å². The van der Waals surface area contributed by atoms with Crippen LogP contribution in [-0.2, 0) is 6.54 Å². The van der Waals surface area contributed by atoms with E-state index in [-0.39, 0.29) is 0 Å². The molecule has 110 valence electrons. The zero-order valence-electron chi connectivity index (χ0n) is 12.5. The predicted molar refractivity (Wildman–Crippen MR) is 90.7 cm³/mol. The summed E-state index contributed by atoms with van der Waals surface area (Å²) in [5.41, 5.74) is 5.25. The second-order valence-electron chi connectivity index (χ2n) is 5.74. The Morgan fingerprint density at radius 2 is 2.00 bits per heavy atom. The van der Waals surface area contributed by atoms with Crippen LogP contribution in [0.1, 0.15) is 17.5 Å². The first-order chi connectivity index (χ1) is 10.9. The zero-order chi connectivity index (χ0) is 14.8. The molecule has 0 unspecified atom stereocenters. The predicted octanol–water partition coefficient (Wildman–Crippen LogP) is 3.46. The van der Waals surface area contributed by atoms with Crippen molar-refractivity contribution in [3.8, 4) is 0 Å². The van der Waals surface area contributed by atoms with Crippen LogP contribution >= 0.6 is 0 Å². The molecule has 0 amide bonds. The average molecular weight is 289 g/mol. The van der Waals surface area contributed by atoms with Gasteiger partial charge in [-0.05, 0) is 35.7 Å². The maximum atomic E-state index is 4.56. The topological polar surface area (TPSA) is 29.9 Å². The van der Waals surface area contributed by atoms with E-state index >= 15 is 0 Å². The largest absolute Gasteiger partial charge is 0.313 e. The van der Waals surface area contributed by atoms with E-state index in [9.17, 15) is 0 Å². The second kappa shape index (κ2) is 5.78. The summed E-state index contributed by atoms with van der Waals surface area (Å²) in [5.74, 6) is 0. The van der Waals surface area contributed by atoms with Gasteiger partial charge in [0.25, 0.3) is 0 Å². The van der Waals surface area contributed by atoms with Crippen LogP contribution in [0.3, 0.4) is 0 Å². The van der Waals surface area contributed by atoms with Crippen LogP contribution < -0.4 is 5.32 Å². The molecule has 1 aromatic heterocycles. The van der Waals surface area contributed by atoms with E-state index in [4.69, 9.17) is 0 Å². The molecule has 0 fully saturated rings. The van der Waals surface area contributed by atoms with Gasteiger partial charge in [0, 0.05) is 11.9 Å². The summed E-state index contributed by atoms with van der Waals surface area (Å²) < 4.78 is 2.09. The van der Waals surface area contributed by atoms with Gasteiger partial charge in [0.05, 0.1) is 18.3 Å². The van der Waals surface area contributed by atoms with Gasteiger partial charge in [-0.2, -0.15) is 5.10 Å². The maximum absolute atomic E-state index is 4.56. The standard InChI is InChI=1S/C19H19N3/c1-2-4-15(5-3-1)14-22-19-12-17(6-7-18(19)13-21-22)16-8-10-20-11-9-16/h1-8,12-13,20H,9-11,14H2. The van der Waals surface area contributed by atoms with E-state index < -0.39 is 0 Å². The molecule has 0 atom stereocenters. The molecule has 1 aliphatic rings. The number of nitrogens with zero attached hydrogens (tertiary/aromatic N) is 2. The molecule has 0 saturated heterocycles. The van der Waals surface area contributed by atoms with Gasteiger partial charge in [-0.25, -0.2) is 0 Å². The van der Waals surface area contributed by atoms with Gasteiger partial charge in [0.1, 0.15) is 0 Å². The molecule has 2 aromatic carbocycles. The monoisotopic (exact) mass is 289 g/mol. The average Bonchev–Trinajstić information content (AvgIpc) is 2.99. The highest BCUT2D eigenvalue weighted by atomic mass is 15.3. The summed E-state index contributed by atoms with van der Waals surface area (Å²) in [6.07, 6.45) is 5.35. The van der Waals surface area contributed by atoms with Crippen molar-refractivity contribution >= 4 is 16.5 Å². The van der Waals surface area contributed by atoms with Crippen molar-refractivity contribution in [3.63, 3.8) is 0 Å². The van der Waals surface area contributed by atoms with Crippen molar-refractivity contribution < 1.29 is 0 Å². The van der Waals surface area contributed by atoms with E-state index in [0.29, 0.717) is 0 Å². The van der Waals surface area contributed by atoms with Crippen LogP contribution in [-0.4, -0.2) is 22.9 Å². The molecule has 1 N–H and O–H groups in total. The van der Waals surface area contributed by atoms with Crippen LogP contribution in [0.15, 0.2) is 60.8 Å². The molecule has 0 spiro atoms. The van der Waals surface area contributed by atoms with E-state index in [1.807, 2.05) is 12.3 Å². The fraction of sp³-hybridized carbons (Fsp3) is 0.211. The zero-order valence-corrected chi connectivity index (χ0v) is 12.5. The Labute approximate surface area is 130 Å². The number of nitrogens with one attached hydrogen (secondary N) is 1. The van der Waals surface area contributed by atoms with Crippen LogP contribution in [0.2, 0.25) is 0 Å². The fourth-order valence-electron chi connectivity index (χ4n) is 3.04. The lowest BCUT2D eigenvalue weighted by Gasteiger charge is -2.14. The molecule has 3 nitrogen and oxygen atoms in total. The summed E-state index contributed by atoms with van der Waals surface area (Å²) in [6.45, 7) is 2.85. The normalized spacial score (nSPS) is 15.0. The first kappa shape index (κ1) is 13.3. The number of benzene rings is 2. The number of hydrogen-bond donors (Lipinski definition) is 1. The van der Waals surface area contributed by atoms with Crippen molar-refractivity contribution in [2.75, 3.05) is 13.1 Å². The molecule has 3 aromatic rings. The minimum Gasteiger partial charge on any atom is -0.313 e. The third kappa shape index (κ3) is 2.55. The molecule has 22 heavy (non-hydrogen) atoms. The van der Waals surface area contributed by atoms with E-state index in [2.05, 4.69) is 63.6 Å². The van der Waals surface area contributed by atoms with Gasteiger partial charge in [-0.15, -0.1) is 0 Å². The Morgan fingerprint density at radius 3 is 2.82 bits per heavy atom. The molecule has 0 radical (unpaired) electrons. The highest BCUT2D eigenvalue weighted by Crippen LogP contribution is 2.24. The molecule has 2 heterocycles. The van der Waals surface area contributed by atoms with Gasteiger partial charge in [-0.1, -0.05) is 48.5 Å². The van der Waals surface area contributed by atoms with Gasteiger partial charge >= 0.3 is 0 Å². The Hall–Kier alpha value is -2.39. The lowest BCUT2D eigenvalue weighted by molar-refractivity contribution is 0.712. The summed E-state index contributed by atoms with van der Waals surface area (Å²) in [7, 11) is 0. The van der Waals surface area contributed by atoms with Crippen LogP contribution in [0, 0.1) is 0 Å². The molecule has 4 rings (SSSR count). The minimum atomic E-state index is 0.814. The van der Waals surface area contributed by atoms with E-state index in [0.717, 1.165) is 26.1 Å². The van der Waals surface area contributed by atoms with Gasteiger partial charge in [-0.3, -0.25) is 4.68 Å². The maximum Gasteiger partial charge on any atom is 0.0692 e. The molecule has 0 aliphatic carbocycles. The summed E-state index contributed by atoms with van der Waals surface area (Å²) in [4.78, 5) is 0. The smallest absolute Gasteiger partial charge is 0.0692 e.